The van der Waals surface area contributed by atoms with Gasteiger partial charge in [-0.05, 0) is 53.7 Å². The Balaban J connectivity index is 2.05. The van der Waals surface area contributed by atoms with Crippen LogP contribution >= 0.6 is 22.6 Å². The average molecular weight is 360 g/mol. The third-order valence-corrected chi connectivity index (χ3v) is 4.31. The van der Waals surface area contributed by atoms with Crippen molar-refractivity contribution in [2.24, 2.45) is 11.8 Å². The normalized spacial score (nSPS) is 16.8. The number of anilines is 1. The quantitative estimate of drug-likeness (QED) is 0.809. The van der Waals surface area contributed by atoms with E-state index in [4.69, 9.17) is 4.74 Å². The van der Waals surface area contributed by atoms with Gasteiger partial charge in [0, 0.05) is 15.6 Å². The molecule has 1 aliphatic rings. The Hall–Kier alpha value is -0.820. The highest BCUT2D eigenvalue weighted by molar-refractivity contribution is 14.1. The zero-order chi connectivity index (χ0) is 13.1. The summed E-state index contributed by atoms with van der Waals surface area (Å²) in [6, 6.07) is 5.67. The zero-order valence-corrected chi connectivity index (χ0v) is 12.7. The third kappa shape index (κ3) is 2.95. The molecule has 0 saturated carbocycles. The molecule has 1 unspecified atom stereocenters. The van der Waals surface area contributed by atoms with E-state index in [1.54, 1.807) is 7.11 Å². The molecule has 1 fully saturated rings. The highest BCUT2D eigenvalue weighted by Gasteiger charge is 2.28. The minimum atomic E-state index is 0.0354. The lowest BCUT2D eigenvalue weighted by Crippen LogP contribution is -2.48. The summed E-state index contributed by atoms with van der Waals surface area (Å²) in [7, 11) is 1.62. The number of rotatable bonds is 4. The number of hydrogen-bond donors (Lipinski definition) is 2. The van der Waals surface area contributed by atoms with Gasteiger partial charge < -0.3 is 15.4 Å². The van der Waals surface area contributed by atoms with Crippen LogP contribution in [0.4, 0.5) is 5.69 Å². The van der Waals surface area contributed by atoms with E-state index in [0.717, 1.165) is 28.1 Å². The molecule has 0 radical (unpaired) electrons. The van der Waals surface area contributed by atoms with Crippen LogP contribution in [0.3, 0.4) is 0 Å². The van der Waals surface area contributed by atoms with Crippen LogP contribution in [-0.2, 0) is 4.79 Å². The predicted molar refractivity (Wildman–Crippen MR) is 79.9 cm³/mol. The lowest BCUT2D eigenvalue weighted by molar-refractivity contribution is -0.121. The number of ether oxygens (including phenoxy) is 1. The molecule has 0 aliphatic carbocycles. The first-order valence-corrected chi connectivity index (χ1v) is 7.05. The van der Waals surface area contributed by atoms with Crippen molar-refractivity contribution in [1.29, 1.82) is 0 Å². The average Bonchev–Trinajstić information content (AvgIpc) is 2.29. The molecule has 1 aliphatic heterocycles. The molecule has 0 aromatic heterocycles. The van der Waals surface area contributed by atoms with Gasteiger partial charge in [-0.15, -0.1) is 0 Å². The molecular weight excluding hydrogens is 343 g/mol. The van der Waals surface area contributed by atoms with Crippen molar-refractivity contribution in [3.8, 4) is 5.75 Å². The molecule has 1 atom stereocenters. The Kier molecular flexibility index (Phi) is 4.45. The summed E-state index contributed by atoms with van der Waals surface area (Å²) >= 11 is 2.21. The first-order valence-electron chi connectivity index (χ1n) is 5.97. The first-order chi connectivity index (χ1) is 8.61. The van der Waals surface area contributed by atoms with Crippen molar-refractivity contribution in [2.45, 2.75) is 6.92 Å². The fourth-order valence-corrected chi connectivity index (χ4v) is 2.32. The van der Waals surface area contributed by atoms with Gasteiger partial charge >= 0.3 is 0 Å². The summed E-state index contributed by atoms with van der Waals surface area (Å²) in [5, 5.41) is 6.17. The van der Waals surface area contributed by atoms with Gasteiger partial charge in [0.05, 0.1) is 12.8 Å². The molecular formula is C13H17IN2O2. The van der Waals surface area contributed by atoms with Crippen LogP contribution in [0, 0.1) is 15.4 Å². The lowest BCUT2D eigenvalue weighted by atomic mass is 9.88. The number of nitrogens with one attached hydrogen (secondary N) is 2. The summed E-state index contributed by atoms with van der Waals surface area (Å²) < 4.78 is 6.18. The van der Waals surface area contributed by atoms with E-state index >= 15 is 0 Å². The Bertz CT molecular complexity index is 447. The van der Waals surface area contributed by atoms with E-state index in [1.807, 2.05) is 25.1 Å². The summed E-state index contributed by atoms with van der Waals surface area (Å²) in [5.41, 5.74) is 0.819. The molecule has 0 bridgehead atoms. The minimum Gasteiger partial charge on any atom is -0.497 e. The van der Waals surface area contributed by atoms with Crippen molar-refractivity contribution < 1.29 is 9.53 Å². The van der Waals surface area contributed by atoms with E-state index in [2.05, 4.69) is 33.2 Å². The standard InChI is InChI=1S/C13H17IN2O2/c1-8(9-6-15-7-9)13(17)16-12-5-10(18-2)3-4-11(12)14/h3-5,8-9,15H,6-7H2,1-2H3,(H,16,17). The zero-order valence-electron chi connectivity index (χ0n) is 10.5. The largest absolute Gasteiger partial charge is 0.497 e. The Labute approximate surface area is 121 Å². The highest BCUT2D eigenvalue weighted by atomic mass is 127. The minimum absolute atomic E-state index is 0.0354. The maximum atomic E-state index is 12.1. The van der Waals surface area contributed by atoms with Gasteiger partial charge in [0.25, 0.3) is 0 Å². The number of benzene rings is 1. The van der Waals surface area contributed by atoms with Crippen LogP contribution in [0.5, 0.6) is 5.75 Å². The number of carbonyl (C=O) groups excluding carboxylic acids is 1. The molecule has 0 spiro atoms. The molecule has 4 nitrogen and oxygen atoms in total. The lowest BCUT2D eigenvalue weighted by Gasteiger charge is -2.31. The topological polar surface area (TPSA) is 50.4 Å². The van der Waals surface area contributed by atoms with Gasteiger partial charge in [-0.25, -0.2) is 0 Å². The fraction of sp³-hybridized carbons (Fsp3) is 0.462. The predicted octanol–water partition coefficient (Wildman–Crippen LogP) is 2.09. The molecule has 1 aromatic carbocycles. The third-order valence-electron chi connectivity index (χ3n) is 3.37. The van der Waals surface area contributed by atoms with Crippen LogP contribution in [0.25, 0.3) is 0 Å². The molecule has 98 valence electrons. The summed E-state index contributed by atoms with van der Waals surface area (Å²) in [6.45, 7) is 3.85. The van der Waals surface area contributed by atoms with Crippen LogP contribution in [-0.4, -0.2) is 26.1 Å². The monoisotopic (exact) mass is 360 g/mol. The van der Waals surface area contributed by atoms with Crippen molar-refractivity contribution >= 4 is 34.2 Å². The maximum absolute atomic E-state index is 12.1. The molecule has 18 heavy (non-hydrogen) atoms. The van der Waals surface area contributed by atoms with Crippen LogP contribution in [0.1, 0.15) is 6.92 Å². The van der Waals surface area contributed by atoms with Gasteiger partial charge in [0.1, 0.15) is 5.75 Å². The molecule has 1 heterocycles. The Morgan fingerprint density at radius 1 is 1.56 bits per heavy atom. The first kappa shape index (κ1) is 13.6. The SMILES string of the molecule is COc1ccc(I)c(NC(=O)C(C)C2CNC2)c1. The number of carbonyl (C=O) groups is 1. The number of amides is 1. The smallest absolute Gasteiger partial charge is 0.227 e. The van der Waals surface area contributed by atoms with Gasteiger partial charge in [-0.1, -0.05) is 6.92 Å². The molecule has 1 aromatic rings. The fourth-order valence-electron chi connectivity index (χ4n) is 1.85. The van der Waals surface area contributed by atoms with Crippen LogP contribution < -0.4 is 15.4 Å². The number of methoxy groups -OCH3 is 1. The van der Waals surface area contributed by atoms with E-state index in [-0.39, 0.29) is 11.8 Å². The maximum Gasteiger partial charge on any atom is 0.227 e. The number of hydrogen-bond acceptors (Lipinski definition) is 3. The van der Waals surface area contributed by atoms with E-state index < -0.39 is 0 Å². The number of halogens is 1. The highest BCUT2D eigenvalue weighted by Crippen LogP contribution is 2.25. The molecule has 5 heteroatoms. The second-order valence-corrected chi connectivity index (χ2v) is 5.70. The molecule has 2 rings (SSSR count). The Morgan fingerprint density at radius 2 is 2.28 bits per heavy atom. The van der Waals surface area contributed by atoms with Gasteiger partial charge in [0.15, 0.2) is 0 Å². The van der Waals surface area contributed by atoms with E-state index in [1.165, 1.54) is 0 Å². The van der Waals surface area contributed by atoms with E-state index in [9.17, 15) is 4.79 Å². The van der Waals surface area contributed by atoms with Crippen LogP contribution in [0.15, 0.2) is 18.2 Å². The molecule has 1 amide bonds. The van der Waals surface area contributed by atoms with Gasteiger partial charge in [-0.2, -0.15) is 0 Å². The van der Waals surface area contributed by atoms with Gasteiger partial charge in [-0.3, -0.25) is 4.79 Å². The summed E-state index contributed by atoms with van der Waals surface area (Å²) in [6.07, 6.45) is 0. The van der Waals surface area contributed by atoms with Crippen molar-refractivity contribution in [3.05, 3.63) is 21.8 Å². The molecule has 1 saturated heterocycles. The summed E-state index contributed by atoms with van der Waals surface area (Å²) in [4.78, 5) is 12.1. The summed E-state index contributed by atoms with van der Waals surface area (Å²) in [5.74, 6) is 1.32. The molecule has 2 N–H and O–H groups in total. The van der Waals surface area contributed by atoms with Crippen molar-refractivity contribution in [1.82, 2.24) is 5.32 Å². The van der Waals surface area contributed by atoms with Crippen molar-refractivity contribution in [2.75, 3.05) is 25.5 Å². The van der Waals surface area contributed by atoms with Crippen LogP contribution in [0.2, 0.25) is 0 Å². The van der Waals surface area contributed by atoms with E-state index in [0.29, 0.717) is 5.92 Å². The second-order valence-electron chi connectivity index (χ2n) is 4.54. The van der Waals surface area contributed by atoms with Gasteiger partial charge in [0.2, 0.25) is 5.91 Å². The second kappa shape index (κ2) is 5.88. The Morgan fingerprint density at radius 3 is 2.83 bits per heavy atom. The van der Waals surface area contributed by atoms with Crippen molar-refractivity contribution in [3.63, 3.8) is 0 Å².